The van der Waals surface area contributed by atoms with Gasteiger partial charge in [-0.3, -0.25) is 14.4 Å². The Morgan fingerprint density at radius 2 is 1.82 bits per heavy atom. The SMILES string of the molecule is C=CC(CC)[N-]c1c([N-]c2cccc(CC(=O)N(C)C)c2O)c(=O)c1=O.[Li+].[Li+]. The average molecular weight is 369 g/mol. The summed E-state index contributed by atoms with van der Waals surface area (Å²) < 4.78 is 0. The number of benzene rings is 1. The maximum absolute atomic E-state index is 11.9. The maximum atomic E-state index is 11.9. The first-order valence-electron chi connectivity index (χ1n) is 8.19. The molecule has 0 radical (unpaired) electrons. The van der Waals surface area contributed by atoms with E-state index in [0.717, 1.165) is 0 Å². The van der Waals surface area contributed by atoms with Crippen LogP contribution in [0, 0.1) is 0 Å². The van der Waals surface area contributed by atoms with E-state index in [2.05, 4.69) is 17.2 Å². The van der Waals surface area contributed by atoms with Crippen molar-refractivity contribution in [2.45, 2.75) is 25.8 Å². The number of hydrogen-bond donors (Lipinski definition) is 1. The fourth-order valence-corrected chi connectivity index (χ4v) is 2.32. The van der Waals surface area contributed by atoms with Crippen molar-refractivity contribution in [2.24, 2.45) is 0 Å². The van der Waals surface area contributed by atoms with Gasteiger partial charge < -0.3 is 20.6 Å². The van der Waals surface area contributed by atoms with E-state index in [9.17, 15) is 19.5 Å². The zero-order valence-electron chi connectivity index (χ0n) is 17.0. The zero-order valence-corrected chi connectivity index (χ0v) is 17.0. The minimum atomic E-state index is -0.739. The van der Waals surface area contributed by atoms with Crippen LogP contribution < -0.4 is 48.6 Å². The summed E-state index contributed by atoms with van der Waals surface area (Å²) in [5, 5.41) is 18.7. The van der Waals surface area contributed by atoms with Crippen LogP contribution in [0.2, 0.25) is 0 Å². The molecular weight excluding hydrogens is 348 g/mol. The summed E-state index contributed by atoms with van der Waals surface area (Å²) in [6, 6.07) is 4.45. The predicted molar refractivity (Wildman–Crippen MR) is 102 cm³/mol. The molecule has 28 heavy (non-hydrogen) atoms. The van der Waals surface area contributed by atoms with E-state index < -0.39 is 10.9 Å². The number of para-hydroxylation sites is 1. The van der Waals surface area contributed by atoms with Crippen molar-refractivity contribution < 1.29 is 47.6 Å². The van der Waals surface area contributed by atoms with Crippen LogP contribution in [0.5, 0.6) is 5.75 Å². The molecule has 2 aromatic carbocycles. The second-order valence-electron chi connectivity index (χ2n) is 6.06. The predicted octanol–water partition coefficient (Wildman–Crippen LogP) is -3.07. The Morgan fingerprint density at radius 1 is 1.21 bits per heavy atom. The molecule has 0 saturated heterocycles. The molecule has 0 heterocycles. The Kier molecular flexibility index (Phi) is 10.4. The van der Waals surface area contributed by atoms with Crippen molar-refractivity contribution in [3.63, 3.8) is 0 Å². The van der Waals surface area contributed by atoms with Crippen LogP contribution in [0.25, 0.3) is 10.6 Å². The molecule has 1 atom stereocenters. The summed E-state index contributed by atoms with van der Waals surface area (Å²) in [6.45, 7) is 5.53. The molecule has 0 saturated carbocycles. The number of aromatic hydroxyl groups is 1. The third kappa shape index (κ3) is 5.56. The number of nitrogens with zero attached hydrogens (tertiary/aromatic N) is 3. The summed E-state index contributed by atoms with van der Waals surface area (Å²) in [5.41, 5.74) is -1.01. The Hall–Kier alpha value is -1.90. The van der Waals surface area contributed by atoms with Gasteiger partial charge in [0.15, 0.2) is 0 Å². The first-order chi connectivity index (χ1) is 12.3. The summed E-state index contributed by atoms with van der Waals surface area (Å²) in [5.74, 6) is -0.378. The van der Waals surface area contributed by atoms with Crippen molar-refractivity contribution in [2.75, 3.05) is 14.1 Å². The molecule has 0 aliphatic carbocycles. The van der Waals surface area contributed by atoms with E-state index in [1.807, 2.05) is 6.92 Å². The Labute approximate surface area is 188 Å². The van der Waals surface area contributed by atoms with Gasteiger partial charge in [0, 0.05) is 19.7 Å². The number of carbonyl (C=O) groups is 1. The second kappa shape index (κ2) is 11.2. The van der Waals surface area contributed by atoms with E-state index in [1.165, 1.54) is 11.0 Å². The number of amides is 1. The summed E-state index contributed by atoms with van der Waals surface area (Å²) in [7, 11) is 3.24. The normalized spacial score (nSPS) is 11.0. The van der Waals surface area contributed by atoms with E-state index in [1.54, 1.807) is 32.3 Å². The van der Waals surface area contributed by atoms with Gasteiger partial charge in [-0.05, 0) is 0 Å². The maximum Gasteiger partial charge on any atom is 1.00 e. The van der Waals surface area contributed by atoms with Gasteiger partial charge in [-0.2, -0.15) is 0 Å². The Morgan fingerprint density at radius 3 is 2.36 bits per heavy atom. The second-order valence-corrected chi connectivity index (χ2v) is 6.06. The van der Waals surface area contributed by atoms with Gasteiger partial charge in [-0.1, -0.05) is 48.6 Å². The zero-order chi connectivity index (χ0) is 19.4. The van der Waals surface area contributed by atoms with Crippen LogP contribution in [0.3, 0.4) is 0 Å². The molecule has 0 aliphatic heterocycles. The van der Waals surface area contributed by atoms with Gasteiger partial charge >= 0.3 is 37.7 Å². The third-order valence-corrected chi connectivity index (χ3v) is 4.02. The molecule has 138 valence electrons. The number of rotatable bonds is 8. The van der Waals surface area contributed by atoms with Crippen LogP contribution in [0.1, 0.15) is 18.9 Å². The van der Waals surface area contributed by atoms with Crippen molar-refractivity contribution in [3.8, 4) is 5.75 Å². The van der Waals surface area contributed by atoms with Gasteiger partial charge in [0.1, 0.15) is 5.75 Å². The first-order valence-corrected chi connectivity index (χ1v) is 8.19. The third-order valence-electron chi connectivity index (χ3n) is 4.02. The molecule has 0 aromatic heterocycles. The number of likely N-dealkylation sites (N-methyl/N-ethyl adjacent to an activating group) is 1. The molecule has 1 N–H and O–H groups in total. The van der Waals surface area contributed by atoms with Gasteiger partial charge in [-0.15, -0.1) is 18.7 Å². The van der Waals surface area contributed by atoms with Crippen LogP contribution in [0.15, 0.2) is 40.4 Å². The van der Waals surface area contributed by atoms with Crippen molar-refractivity contribution in [1.29, 1.82) is 0 Å². The number of carbonyl (C=O) groups excluding carboxylic acids is 1. The van der Waals surface area contributed by atoms with Crippen molar-refractivity contribution in [3.05, 3.63) is 67.5 Å². The molecule has 1 unspecified atom stereocenters. The van der Waals surface area contributed by atoms with Crippen LogP contribution in [-0.4, -0.2) is 36.1 Å². The summed E-state index contributed by atoms with van der Waals surface area (Å²) >= 11 is 0. The molecule has 2 rings (SSSR count). The minimum absolute atomic E-state index is 0. The van der Waals surface area contributed by atoms with E-state index in [0.29, 0.717) is 12.0 Å². The molecule has 0 aliphatic rings. The Balaban J connectivity index is 0.00000364. The van der Waals surface area contributed by atoms with Crippen LogP contribution in [0.4, 0.5) is 17.1 Å². The largest absolute Gasteiger partial charge is 1.00 e. The quantitative estimate of drug-likeness (QED) is 0.303. The molecular formula is C19H21Li2N3O4. The molecule has 7 nitrogen and oxygen atoms in total. The fourth-order valence-electron chi connectivity index (χ4n) is 2.32. The van der Waals surface area contributed by atoms with Crippen molar-refractivity contribution >= 4 is 23.0 Å². The number of phenols is 1. The monoisotopic (exact) mass is 369 g/mol. The summed E-state index contributed by atoms with van der Waals surface area (Å²) in [6.07, 6.45) is 2.22. The molecule has 0 fully saturated rings. The van der Waals surface area contributed by atoms with Crippen LogP contribution in [-0.2, 0) is 11.2 Å². The number of phenolic OH excluding ortho intramolecular Hbond substituents is 1. The number of hydrogen-bond acceptors (Lipinski definition) is 4. The topological polar surface area (TPSA) is 103 Å². The average Bonchev–Trinajstić information content (AvgIpc) is 2.63. The van der Waals surface area contributed by atoms with Crippen LogP contribution >= 0.6 is 0 Å². The van der Waals surface area contributed by atoms with Gasteiger partial charge in [0.25, 0.3) is 0 Å². The van der Waals surface area contributed by atoms with Gasteiger partial charge in [-0.25, -0.2) is 0 Å². The fraction of sp³-hybridized carbons (Fsp3) is 0.316. The van der Waals surface area contributed by atoms with E-state index in [4.69, 9.17) is 0 Å². The van der Waals surface area contributed by atoms with E-state index >= 15 is 0 Å². The van der Waals surface area contributed by atoms with Crippen molar-refractivity contribution in [1.82, 2.24) is 4.90 Å². The standard InChI is InChI=1S/C19H23N3O4.2Li/c1-5-12(6-2)20-15-16(19(26)18(15)25)21-13-9-7-8-11(17(13)24)10-14(23)22(3)4;;/h5,7-9,12H,1,6,10H2,2-4H3,(H3,20,21,24,25,26);;/q;2*+1/p-2. The molecule has 0 bridgehead atoms. The molecule has 0 spiro atoms. The molecule has 2 aromatic rings. The van der Waals surface area contributed by atoms with Gasteiger partial charge in [0.2, 0.25) is 16.8 Å². The first kappa shape index (κ1) is 26.1. The molecule has 1 amide bonds. The summed E-state index contributed by atoms with van der Waals surface area (Å²) in [4.78, 5) is 36.9. The smallest absolute Gasteiger partial charge is 0.676 e. The van der Waals surface area contributed by atoms with Gasteiger partial charge in [0.05, 0.1) is 6.42 Å². The minimum Gasteiger partial charge on any atom is -0.676 e. The molecule has 9 heteroatoms. The van der Waals surface area contributed by atoms with E-state index in [-0.39, 0.29) is 78.9 Å². The Bertz CT molecular complexity index is 905.